The average molecular weight is 904 g/mol. The van der Waals surface area contributed by atoms with E-state index in [2.05, 4.69) is 14.8 Å². The highest BCUT2D eigenvalue weighted by Crippen LogP contribution is 2.48. The summed E-state index contributed by atoms with van der Waals surface area (Å²) in [5.74, 6) is -0.0588. The minimum absolute atomic E-state index is 0.0588. The second-order valence-electron chi connectivity index (χ2n) is 16.9. The maximum absolute atomic E-state index is 12.6. The van der Waals surface area contributed by atoms with Gasteiger partial charge in [0.1, 0.15) is 41.1 Å². The van der Waals surface area contributed by atoms with Gasteiger partial charge in [0.05, 0.1) is 21.8 Å². The fourth-order valence-electron chi connectivity index (χ4n) is 8.51. The van der Waals surface area contributed by atoms with E-state index in [-0.39, 0.29) is 22.3 Å². The van der Waals surface area contributed by atoms with Crippen molar-refractivity contribution in [1.82, 2.24) is 5.32 Å². The molecule has 1 saturated heterocycles. The van der Waals surface area contributed by atoms with Crippen LogP contribution in [0, 0.1) is 0 Å². The molecule has 0 spiro atoms. The fraction of sp³-hybridized carbons (Fsp3) is 0.545. The average Bonchev–Trinajstić information content (AvgIpc) is 3.56. The van der Waals surface area contributed by atoms with E-state index in [1.807, 2.05) is 65.0 Å². The second kappa shape index (κ2) is 20.3. The Hall–Kier alpha value is -3.82. The van der Waals surface area contributed by atoms with E-state index in [0.29, 0.717) is 45.3 Å². The van der Waals surface area contributed by atoms with Gasteiger partial charge in [0.15, 0.2) is 12.0 Å². The molecular formula is C44H61N3O13S2. The van der Waals surface area contributed by atoms with E-state index in [0.717, 1.165) is 53.2 Å². The van der Waals surface area contributed by atoms with Crippen LogP contribution in [0.5, 0.6) is 0 Å². The van der Waals surface area contributed by atoms with Crippen LogP contribution < -0.4 is 10.2 Å². The van der Waals surface area contributed by atoms with Gasteiger partial charge in [0, 0.05) is 67.0 Å². The number of fused-ring (bicyclic) bond motifs is 2. The Labute approximate surface area is 364 Å². The summed E-state index contributed by atoms with van der Waals surface area (Å²) in [6, 6.07) is 9.09. The quantitative estimate of drug-likeness (QED) is 0.0481. The number of anilines is 1. The van der Waals surface area contributed by atoms with E-state index in [9.17, 15) is 51.2 Å². The zero-order valence-corrected chi connectivity index (χ0v) is 37.6. The number of rotatable bonds is 20. The summed E-state index contributed by atoms with van der Waals surface area (Å²) in [4.78, 5) is 14.2. The number of hydrogen-bond donors (Lipinski definition) is 6. The molecule has 0 aromatic heterocycles. The molecule has 0 aliphatic carbocycles. The summed E-state index contributed by atoms with van der Waals surface area (Å²) < 4.78 is 82.3. The molecule has 0 radical (unpaired) electrons. The van der Waals surface area contributed by atoms with Gasteiger partial charge in [-0.05, 0) is 94.8 Å². The second-order valence-corrected chi connectivity index (χ2v) is 19.7. The lowest BCUT2D eigenvalue weighted by Gasteiger charge is -2.40. The molecule has 62 heavy (non-hydrogen) atoms. The number of hydrogen-bond acceptors (Lipinski definition) is 13. The number of unbranched alkanes of at least 4 members (excludes halogenated alkanes) is 4. The van der Waals surface area contributed by atoms with Crippen molar-refractivity contribution < 1.29 is 65.2 Å². The molecule has 5 rings (SSSR count). The van der Waals surface area contributed by atoms with E-state index >= 15 is 0 Å². The molecule has 18 heteroatoms. The van der Waals surface area contributed by atoms with Crippen molar-refractivity contribution in [3.8, 4) is 0 Å². The van der Waals surface area contributed by atoms with Crippen molar-refractivity contribution in [3.05, 3.63) is 83.6 Å². The number of allylic oxidation sites excluding steroid dienone is 6. The Balaban J connectivity index is 1.16. The summed E-state index contributed by atoms with van der Waals surface area (Å²) in [6.45, 7) is 11.4. The topological polar surface area (TPSA) is 246 Å². The van der Waals surface area contributed by atoms with Crippen LogP contribution in [0.4, 0.5) is 11.4 Å². The third-order valence-electron chi connectivity index (χ3n) is 11.9. The molecule has 1 unspecified atom stereocenters. The van der Waals surface area contributed by atoms with E-state index < -0.39 is 68.4 Å². The van der Waals surface area contributed by atoms with Crippen molar-refractivity contribution in [2.45, 2.75) is 131 Å². The maximum Gasteiger partial charge on any atom is 0.294 e. The molecule has 16 nitrogen and oxygen atoms in total. The van der Waals surface area contributed by atoms with Crippen molar-refractivity contribution in [2.24, 2.45) is 0 Å². The number of aliphatic hydroxyl groups excluding tert-OH is 4. The van der Waals surface area contributed by atoms with Gasteiger partial charge in [0.25, 0.3) is 10.1 Å². The molecule has 6 N–H and O–H groups in total. The first-order valence-corrected chi connectivity index (χ1v) is 23.9. The van der Waals surface area contributed by atoms with Crippen molar-refractivity contribution in [1.29, 1.82) is 0 Å². The number of ether oxygens (including phenoxy) is 2. The number of carbonyl (C=O) groups is 1. The predicted molar refractivity (Wildman–Crippen MR) is 231 cm³/mol. The number of nitrogens with zero attached hydrogens (tertiary/aromatic N) is 2. The number of aliphatic hydroxyl groups is 4. The Bertz CT molecular complexity index is 2280. The monoisotopic (exact) mass is 903 g/mol. The highest BCUT2D eigenvalue weighted by Gasteiger charge is 2.46. The number of carbonyl (C=O) groups excluding carboxylic acids is 1. The van der Waals surface area contributed by atoms with Crippen LogP contribution >= 0.6 is 0 Å². The molecular weight excluding hydrogens is 843 g/mol. The standard InChI is InChI=1S/C44H61N3O13S2/c1-6-46-33-21-19-29(61(53,54)55)26-31(33)43(2,3)36(46)16-10-7-11-17-37-44(4,5)32-27-30(62(56,57)58)20-22-34(32)47(37)24-14-8-12-18-38(49)45-23-13-9-15-25-59-41-35(28-48)60-42(52)40(51)39(41)50/h7,10-11,16-17,19-22,26-27,35,39-42,48,50-52H,6,8-9,12-15,18,23-25,28H2,1-5H3,(H2-,45,49,53,54,55,56,57,58)/t35-,39-,40-,41+,42?/m1/s1. The largest absolute Gasteiger partial charge is 0.744 e. The lowest BCUT2D eigenvalue weighted by atomic mass is 9.81. The normalized spacial score (nSPS) is 24.1. The van der Waals surface area contributed by atoms with Gasteiger partial charge in [0.2, 0.25) is 11.6 Å². The van der Waals surface area contributed by atoms with Gasteiger partial charge >= 0.3 is 0 Å². The lowest BCUT2D eigenvalue weighted by Crippen LogP contribution is -2.59. The first-order valence-electron chi connectivity index (χ1n) is 21.0. The minimum atomic E-state index is -4.62. The van der Waals surface area contributed by atoms with E-state index in [1.165, 1.54) is 24.3 Å². The van der Waals surface area contributed by atoms with Crippen LogP contribution in [0.1, 0.15) is 90.7 Å². The molecule has 2 aromatic carbocycles. The summed E-state index contributed by atoms with van der Waals surface area (Å²) in [5.41, 5.74) is 3.83. The number of benzene rings is 2. The number of likely N-dealkylation sites (N-methyl/N-ethyl adjacent to an activating group) is 1. The minimum Gasteiger partial charge on any atom is -0.744 e. The zero-order valence-electron chi connectivity index (χ0n) is 35.9. The molecule has 342 valence electrons. The number of amides is 1. The van der Waals surface area contributed by atoms with Crippen LogP contribution in [-0.4, -0.2) is 126 Å². The Kier molecular flexibility index (Phi) is 16.1. The fourth-order valence-corrected chi connectivity index (χ4v) is 9.51. The van der Waals surface area contributed by atoms with Gasteiger partial charge < -0.3 is 44.7 Å². The van der Waals surface area contributed by atoms with Crippen molar-refractivity contribution >= 4 is 43.2 Å². The van der Waals surface area contributed by atoms with E-state index in [4.69, 9.17) is 9.47 Å². The summed E-state index contributed by atoms with van der Waals surface area (Å²) in [7, 11) is -9.05. The van der Waals surface area contributed by atoms with Gasteiger partial charge in [-0.25, -0.2) is 8.42 Å². The molecule has 0 bridgehead atoms. The smallest absolute Gasteiger partial charge is 0.294 e. The SMILES string of the molecule is CCN1/C(=C/C=C/C=C/C2=[N+](CCCCCC(=O)NCCCCCO[C@@H]3[C@H](O)[C@@H](O)C(O)O[C@@H]3CO)c3ccc(S(=O)(=O)O)cc3C2(C)C)C(C)(C)c2cc(S(=O)(=O)[O-])ccc21. The first kappa shape index (κ1) is 49.2. The van der Waals surface area contributed by atoms with Gasteiger partial charge in [-0.3, -0.25) is 9.35 Å². The van der Waals surface area contributed by atoms with Crippen LogP contribution in [0.3, 0.4) is 0 Å². The van der Waals surface area contributed by atoms with E-state index in [1.54, 1.807) is 12.1 Å². The highest BCUT2D eigenvalue weighted by molar-refractivity contribution is 7.86. The van der Waals surface area contributed by atoms with Crippen LogP contribution in [0.25, 0.3) is 0 Å². The van der Waals surface area contributed by atoms with Crippen LogP contribution in [0.15, 0.2) is 82.3 Å². The lowest BCUT2D eigenvalue weighted by molar-refractivity contribution is -0.438. The summed E-state index contributed by atoms with van der Waals surface area (Å²) >= 11 is 0. The molecule has 1 amide bonds. The Morgan fingerprint density at radius 2 is 1.60 bits per heavy atom. The summed E-state index contributed by atoms with van der Waals surface area (Å²) in [5, 5.41) is 42.1. The van der Waals surface area contributed by atoms with Gasteiger partial charge in [-0.15, -0.1) is 0 Å². The number of nitrogens with one attached hydrogen (secondary N) is 1. The highest BCUT2D eigenvalue weighted by atomic mass is 32.2. The Morgan fingerprint density at radius 1 is 0.903 bits per heavy atom. The zero-order chi connectivity index (χ0) is 45.6. The molecule has 0 saturated carbocycles. The third-order valence-corrected chi connectivity index (χ3v) is 13.6. The predicted octanol–water partition coefficient (Wildman–Crippen LogP) is 3.69. The van der Waals surface area contributed by atoms with Crippen LogP contribution in [0.2, 0.25) is 0 Å². The molecule has 3 heterocycles. The first-order chi connectivity index (χ1) is 29.1. The summed E-state index contributed by atoms with van der Waals surface area (Å²) in [6.07, 6.45) is 7.72. The van der Waals surface area contributed by atoms with Crippen LogP contribution in [-0.2, 0) is 45.3 Å². The van der Waals surface area contributed by atoms with Gasteiger partial charge in [-0.2, -0.15) is 13.0 Å². The molecule has 3 aliphatic heterocycles. The van der Waals surface area contributed by atoms with Crippen molar-refractivity contribution in [2.75, 3.05) is 37.7 Å². The molecule has 3 aliphatic rings. The maximum atomic E-state index is 12.6. The molecule has 5 atom stereocenters. The molecule has 1 fully saturated rings. The third kappa shape index (κ3) is 11.1. The van der Waals surface area contributed by atoms with Crippen molar-refractivity contribution in [3.63, 3.8) is 0 Å². The van der Waals surface area contributed by atoms with Gasteiger partial charge in [-0.1, -0.05) is 32.1 Å². The molecule has 2 aromatic rings. The Morgan fingerprint density at radius 3 is 2.27 bits per heavy atom.